The summed E-state index contributed by atoms with van der Waals surface area (Å²) in [7, 11) is 1.53. The van der Waals surface area contributed by atoms with Gasteiger partial charge in [0.1, 0.15) is 11.5 Å². The van der Waals surface area contributed by atoms with Crippen LogP contribution >= 0.6 is 15.9 Å². The number of halogens is 3. The van der Waals surface area contributed by atoms with E-state index in [1.54, 1.807) is 18.2 Å². The van der Waals surface area contributed by atoms with Crippen LogP contribution < -0.4 is 9.47 Å². The second-order valence-corrected chi connectivity index (χ2v) is 5.68. The third-order valence-electron chi connectivity index (χ3n) is 3.34. The number of ether oxygens (including phenoxy) is 2. The monoisotopic (exact) mass is 363 g/mol. The van der Waals surface area contributed by atoms with Gasteiger partial charge in [-0.05, 0) is 28.1 Å². The largest absolute Gasteiger partial charge is 0.497 e. The quantitative estimate of drug-likeness (QED) is 0.824. The summed E-state index contributed by atoms with van der Waals surface area (Å²) in [5, 5.41) is 0. The summed E-state index contributed by atoms with van der Waals surface area (Å²) in [6, 6.07) is 5.16. The van der Waals surface area contributed by atoms with E-state index in [4.69, 9.17) is 9.47 Å². The van der Waals surface area contributed by atoms with E-state index in [1.807, 2.05) is 0 Å². The van der Waals surface area contributed by atoms with Crippen LogP contribution in [0.4, 0.5) is 8.78 Å². The highest BCUT2D eigenvalue weighted by Gasteiger charge is 2.35. The summed E-state index contributed by atoms with van der Waals surface area (Å²) in [4.78, 5) is 13.4. The molecule has 0 atom stereocenters. The maximum atomic E-state index is 13.0. The minimum absolute atomic E-state index is 0.0640. The number of methoxy groups -OCH3 is 1. The molecule has 0 saturated carbocycles. The molecular weight excluding hydrogens is 348 g/mol. The van der Waals surface area contributed by atoms with Gasteiger partial charge < -0.3 is 14.4 Å². The van der Waals surface area contributed by atoms with Crippen LogP contribution in [0.2, 0.25) is 0 Å². The number of hydrogen-bond donors (Lipinski definition) is 0. The molecule has 0 spiro atoms. The topological polar surface area (TPSA) is 38.8 Å². The fraction of sp³-hybridized carbons (Fsp3) is 0.500. The zero-order chi connectivity index (χ0) is 15.5. The standard InChI is InChI=1S/C14H16BrF2NO3/c1-20-10-2-3-11(15)12(8-10)21-9-13(19)18-6-4-14(16,17)5-7-18/h2-3,8H,4-7,9H2,1H3. The Bertz CT molecular complexity index is 515. The summed E-state index contributed by atoms with van der Waals surface area (Å²) in [6.07, 6.45) is -0.580. The van der Waals surface area contributed by atoms with E-state index >= 15 is 0 Å². The van der Waals surface area contributed by atoms with Gasteiger partial charge >= 0.3 is 0 Å². The van der Waals surface area contributed by atoms with Crippen LogP contribution in [0.15, 0.2) is 22.7 Å². The van der Waals surface area contributed by atoms with Crippen LogP contribution in [-0.4, -0.2) is 43.5 Å². The van der Waals surface area contributed by atoms with E-state index in [-0.39, 0.29) is 38.4 Å². The number of benzene rings is 1. The van der Waals surface area contributed by atoms with Crippen LogP contribution in [0.5, 0.6) is 11.5 Å². The smallest absolute Gasteiger partial charge is 0.260 e. The Balaban J connectivity index is 1.90. The first-order valence-corrected chi connectivity index (χ1v) is 7.32. The Morgan fingerprint density at radius 2 is 2.05 bits per heavy atom. The molecule has 1 aromatic carbocycles. The molecule has 0 bridgehead atoms. The van der Waals surface area contributed by atoms with E-state index in [0.717, 1.165) is 0 Å². The molecule has 2 rings (SSSR count). The number of carbonyl (C=O) groups is 1. The van der Waals surface area contributed by atoms with Crippen molar-refractivity contribution < 1.29 is 23.0 Å². The lowest BCUT2D eigenvalue weighted by molar-refractivity contribution is -0.139. The van der Waals surface area contributed by atoms with E-state index in [9.17, 15) is 13.6 Å². The number of hydrogen-bond acceptors (Lipinski definition) is 3. The summed E-state index contributed by atoms with van der Waals surface area (Å²) in [6.45, 7) is -0.0553. The number of rotatable bonds is 4. The molecule has 1 heterocycles. The van der Waals surface area contributed by atoms with Crippen molar-refractivity contribution in [3.63, 3.8) is 0 Å². The van der Waals surface area contributed by atoms with Gasteiger partial charge in [-0.2, -0.15) is 0 Å². The lowest BCUT2D eigenvalue weighted by atomic mass is 10.1. The first-order chi connectivity index (χ1) is 9.91. The highest BCUT2D eigenvalue weighted by molar-refractivity contribution is 9.10. The van der Waals surface area contributed by atoms with Crippen molar-refractivity contribution in [1.82, 2.24) is 4.90 Å². The van der Waals surface area contributed by atoms with Crippen molar-refractivity contribution in [3.8, 4) is 11.5 Å². The first kappa shape index (κ1) is 16.0. The van der Waals surface area contributed by atoms with Crippen molar-refractivity contribution in [3.05, 3.63) is 22.7 Å². The first-order valence-electron chi connectivity index (χ1n) is 6.53. The van der Waals surface area contributed by atoms with Crippen LogP contribution in [0.3, 0.4) is 0 Å². The molecule has 1 aromatic rings. The van der Waals surface area contributed by atoms with Gasteiger partial charge in [0.2, 0.25) is 0 Å². The Hall–Kier alpha value is -1.37. The molecule has 1 amide bonds. The lowest BCUT2D eigenvalue weighted by Crippen LogP contribution is -2.44. The maximum absolute atomic E-state index is 13.0. The molecule has 7 heteroatoms. The molecule has 0 aliphatic carbocycles. The van der Waals surface area contributed by atoms with Gasteiger partial charge in [-0.1, -0.05) is 0 Å². The van der Waals surface area contributed by atoms with Crippen LogP contribution in [0.1, 0.15) is 12.8 Å². The van der Waals surface area contributed by atoms with Crippen LogP contribution in [-0.2, 0) is 4.79 Å². The van der Waals surface area contributed by atoms with E-state index in [0.29, 0.717) is 16.0 Å². The van der Waals surface area contributed by atoms with Crippen molar-refractivity contribution >= 4 is 21.8 Å². The summed E-state index contributed by atoms with van der Waals surface area (Å²) in [5.41, 5.74) is 0. The average molecular weight is 364 g/mol. The Morgan fingerprint density at radius 3 is 2.67 bits per heavy atom. The van der Waals surface area contributed by atoms with Crippen molar-refractivity contribution in [2.45, 2.75) is 18.8 Å². The molecule has 0 N–H and O–H groups in total. The number of nitrogens with zero attached hydrogens (tertiary/aromatic N) is 1. The van der Waals surface area contributed by atoms with Crippen LogP contribution in [0.25, 0.3) is 0 Å². The number of carbonyl (C=O) groups excluding carboxylic acids is 1. The SMILES string of the molecule is COc1ccc(Br)c(OCC(=O)N2CCC(F)(F)CC2)c1. The lowest BCUT2D eigenvalue weighted by Gasteiger charge is -2.31. The fourth-order valence-electron chi connectivity index (χ4n) is 2.04. The molecule has 4 nitrogen and oxygen atoms in total. The zero-order valence-electron chi connectivity index (χ0n) is 11.6. The predicted molar refractivity (Wildman–Crippen MR) is 77.0 cm³/mol. The van der Waals surface area contributed by atoms with Crippen molar-refractivity contribution in [1.29, 1.82) is 0 Å². The minimum Gasteiger partial charge on any atom is -0.497 e. The van der Waals surface area contributed by atoms with Gasteiger partial charge in [0.05, 0.1) is 11.6 Å². The predicted octanol–water partition coefficient (Wildman–Crippen LogP) is 3.09. The fourth-order valence-corrected chi connectivity index (χ4v) is 2.40. The molecule has 21 heavy (non-hydrogen) atoms. The highest BCUT2D eigenvalue weighted by atomic mass is 79.9. The second-order valence-electron chi connectivity index (χ2n) is 4.82. The zero-order valence-corrected chi connectivity index (χ0v) is 13.2. The van der Waals surface area contributed by atoms with Gasteiger partial charge in [-0.15, -0.1) is 0 Å². The minimum atomic E-state index is -2.66. The van der Waals surface area contributed by atoms with Gasteiger partial charge in [0, 0.05) is 32.0 Å². The average Bonchev–Trinajstić information content (AvgIpc) is 2.46. The Labute approximate surface area is 130 Å². The number of amides is 1. The normalized spacial score (nSPS) is 17.4. The highest BCUT2D eigenvalue weighted by Crippen LogP contribution is 2.30. The molecule has 0 aromatic heterocycles. The van der Waals surface area contributed by atoms with Crippen LogP contribution in [0, 0.1) is 0 Å². The van der Waals surface area contributed by atoms with Gasteiger partial charge in [0.15, 0.2) is 6.61 Å². The molecular formula is C14H16BrF2NO3. The summed E-state index contributed by atoms with van der Waals surface area (Å²) in [5.74, 6) is -1.86. The summed E-state index contributed by atoms with van der Waals surface area (Å²) >= 11 is 3.32. The summed E-state index contributed by atoms with van der Waals surface area (Å²) < 4.78 is 37.3. The molecule has 1 saturated heterocycles. The van der Waals surface area contributed by atoms with Gasteiger partial charge in [0.25, 0.3) is 11.8 Å². The second kappa shape index (κ2) is 6.60. The van der Waals surface area contributed by atoms with Gasteiger partial charge in [-0.3, -0.25) is 4.79 Å². The maximum Gasteiger partial charge on any atom is 0.260 e. The van der Waals surface area contributed by atoms with E-state index in [2.05, 4.69) is 15.9 Å². The number of alkyl halides is 2. The Morgan fingerprint density at radius 1 is 1.38 bits per heavy atom. The molecule has 0 radical (unpaired) electrons. The molecule has 1 fully saturated rings. The molecule has 1 aliphatic heterocycles. The number of likely N-dealkylation sites (tertiary alicyclic amines) is 1. The van der Waals surface area contributed by atoms with E-state index < -0.39 is 5.92 Å². The molecule has 1 aliphatic rings. The van der Waals surface area contributed by atoms with Gasteiger partial charge in [-0.25, -0.2) is 8.78 Å². The van der Waals surface area contributed by atoms with Crippen molar-refractivity contribution in [2.75, 3.05) is 26.8 Å². The van der Waals surface area contributed by atoms with Crippen molar-refractivity contribution in [2.24, 2.45) is 0 Å². The third-order valence-corrected chi connectivity index (χ3v) is 3.99. The van der Waals surface area contributed by atoms with E-state index in [1.165, 1.54) is 12.0 Å². The third kappa shape index (κ3) is 4.30. The molecule has 0 unspecified atom stereocenters. The number of piperidine rings is 1. The molecule has 116 valence electrons. The Kier molecular flexibility index (Phi) is 5.03.